The molecule has 0 aliphatic rings. The first-order chi connectivity index (χ1) is 9.16. The first-order valence-corrected chi connectivity index (χ1v) is 7.00. The predicted octanol–water partition coefficient (Wildman–Crippen LogP) is 2.22. The number of benzene rings is 1. The third-order valence-electron chi connectivity index (χ3n) is 2.74. The Bertz CT molecular complexity index is 539. The van der Waals surface area contributed by atoms with Crippen molar-refractivity contribution >= 4 is 17.7 Å². The number of amides is 1. The van der Waals surface area contributed by atoms with Crippen LogP contribution in [0.2, 0.25) is 0 Å². The number of nitrogens with one attached hydrogen (secondary N) is 1. The van der Waals surface area contributed by atoms with E-state index >= 15 is 0 Å². The van der Waals surface area contributed by atoms with Crippen molar-refractivity contribution in [3.05, 3.63) is 48.3 Å². The Morgan fingerprint density at radius 3 is 2.79 bits per heavy atom. The molecule has 1 N–H and O–H groups in total. The Hall–Kier alpha value is -1.75. The van der Waals surface area contributed by atoms with Crippen molar-refractivity contribution < 1.29 is 4.79 Å². The molecule has 0 saturated carbocycles. The largest absolute Gasteiger partial charge is 0.351 e. The molecular formula is C14H17N3OS. The van der Waals surface area contributed by atoms with E-state index in [2.05, 4.69) is 10.3 Å². The molecule has 1 amide bonds. The number of aryl methyl sites for hydroxylation is 1. The lowest BCUT2D eigenvalue weighted by Gasteiger charge is -2.11. The Labute approximate surface area is 117 Å². The third kappa shape index (κ3) is 3.86. The van der Waals surface area contributed by atoms with Crippen LogP contribution >= 0.6 is 11.8 Å². The van der Waals surface area contributed by atoms with Crippen LogP contribution in [0.15, 0.2) is 47.9 Å². The summed E-state index contributed by atoms with van der Waals surface area (Å²) in [5, 5.41) is 3.62. The van der Waals surface area contributed by atoms with Crippen molar-refractivity contribution in [2.75, 3.05) is 0 Å². The highest BCUT2D eigenvalue weighted by Gasteiger charge is 2.16. The van der Waals surface area contributed by atoms with Gasteiger partial charge in [-0.1, -0.05) is 42.1 Å². The number of imidazole rings is 1. The number of hydrogen-bond acceptors (Lipinski definition) is 3. The lowest BCUT2D eigenvalue weighted by Crippen LogP contribution is -2.30. The standard InChI is InChI=1S/C14H17N3OS/c1-11(19-14-15-8-9-17(14)2)13(18)16-10-12-6-4-3-5-7-12/h3-9,11H,10H2,1-2H3,(H,16,18)/t11-/m0/s1. The number of thioether (sulfide) groups is 1. The van der Waals surface area contributed by atoms with Crippen molar-refractivity contribution in [2.45, 2.75) is 23.9 Å². The van der Waals surface area contributed by atoms with E-state index in [1.54, 1.807) is 6.20 Å². The minimum absolute atomic E-state index is 0.0249. The topological polar surface area (TPSA) is 46.9 Å². The van der Waals surface area contributed by atoms with Gasteiger partial charge in [0.1, 0.15) is 0 Å². The zero-order chi connectivity index (χ0) is 13.7. The van der Waals surface area contributed by atoms with Gasteiger partial charge in [-0.3, -0.25) is 4.79 Å². The van der Waals surface area contributed by atoms with Gasteiger partial charge in [0.25, 0.3) is 0 Å². The molecule has 0 fully saturated rings. The average Bonchev–Trinajstić information content (AvgIpc) is 2.82. The SMILES string of the molecule is C[C@H](Sc1nccn1C)C(=O)NCc1ccccc1. The van der Waals surface area contributed by atoms with Crippen LogP contribution in [0.3, 0.4) is 0 Å². The third-order valence-corrected chi connectivity index (χ3v) is 3.91. The number of rotatable bonds is 5. The Kier molecular flexibility index (Phi) is 4.63. The summed E-state index contributed by atoms with van der Waals surface area (Å²) in [5.41, 5.74) is 1.10. The zero-order valence-corrected chi connectivity index (χ0v) is 11.9. The molecule has 2 aromatic rings. The second kappa shape index (κ2) is 6.43. The van der Waals surface area contributed by atoms with Gasteiger partial charge in [0, 0.05) is 26.0 Å². The maximum Gasteiger partial charge on any atom is 0.233 e. The summed E-state index contributed by atoms with van der Waals surface area (Å²) in [5.74, 6) is 0.0249. The summed E-state index contributed by atoms with van der Waals surface area (Å²) in [6.07, 6.45) is 3.61. The number of carbonyl (C=O) groups is 1. The van der Waals surface area contributed by atoms with Gasteiger partial charge in [-0.05, 0) is 12.5 Å². The van der Waals surface area contributed by atoms with E-state index in [0.29, 0.717) is 6.54 Å². The van der Waals surface area contributed by atoms with Crippen LogP contribution in [0.5, 0.6) is 0 Å². The fourth-order valence-corrected chi connectivity index (χ4v) is 2.46. The van der Waals surface area contributed by atoms with Gasteiger partial charge in [-0.2, -0.15) is 0 Å². The summed E-state index contributed by atoms with van der Waals surface area (Å²) in [7, 11) is 1.92. The number of carbonyl (C=O) groups excluding carboxylic acids is 1. The average molecular weight is 275 g/mol. The number of nitrogens with zero attached hydrogens (tertiary/aromatic N) is 2. The van der Waals surface area contributed by atoms with Crippen molar-refractivity contribution in [1.29, 1.82) is 0 Å². The maximum atomic E-state index is 12.0. The van der Waals surface area contributed by atoms with Crippen molar-refractivity contribution in [1.82, 2.24) is 14.9 Å². The van der Waals surface area contributed by atoms with E-state index < -0.39 is 0 Å². The number of hydrogen-bond donors (Lipinski definition) is 1. The zero-order valence-electron chi connectivity index (χ0n) is 11.0. The Morgan fingerprint density at radius 2 is 2.16 bits per heavy atom. The first-order valence-electron chi connectivity index (χ1n) is 6.12. The van der Waals surface area contributed by atoms with Crippen LogP contribution in [-0.2, 0) is 18.4 Å². The first kappa shape index (κ1) is 13.7. The molecule has 19 heavy (non-hydrogen) atoms. The summed E-state index contributed by atoms with van der Waals surface area (Å²) < 4.78 is 1.91. The second-order valence-electron chi connectivity index (χ2n) is 4.28. The van der Waals surface area contributed by atoms with Gasteiger partial charge in [-0.15, -0.1) is 0 Å². The molecule has 4 nitrogen and oxygen atoms in total. The molecule has 1 aromatic heterocycles. The van der Waals surface area contributed by atoms with Gasteiger partial charge in [-0.25, -0.2) is 4.98 Å². The molecule has 5 heteroatoms. The fourth-order valence-electron chi connectivity index (χ4n) is 1.61. The number of aromatic nitrogens is 2. The molecule has 1 aromatic carbocycles. The smallest absolute Gasteiger partial charge is 0.233 e. The van der Waals surface area contributed by atoms with E-state index in [9.17, 15) is 4.79 Å². The van der Waals surface area contributed by atoms with E-state index in [1.807, 2.05) is 55.1 Å². The molecule has 0 radical (unpaired) electrons. The molecule has 0 unspecified atom stereocenters. The highest BCUT2D eigenvalue weighted by Crippen LogP contribution is 2.20. The monoisotopic (exact) mass is 275 g/mol. The highest BCUT2D eigenvalue weighted by molar-refractivity contribution is 8.00. The Morgan fingerprint density at radius 1 is 1.42 bits per heavy atom. The van der Waals surface area contributed by atoms with Crippen LogP contribution in [-0.4, -0.2) is 20.7 Å². The molecule has 0 spiro atoms. The minimum atomic E-state index is -0.162. The molecule has 100 valence electrons. The van der Waals surface area contributed by atoms with Gasteiger partial charge < -0.3 is 9.88 Å². The van der Waals surface area contributed by atoms with Crippen LogP contribution in [0.1, 0.15) is 12.5 Å². The van der Waals surface area contributed by atoms with E-state index in [4.69, 9.17) is 0 Å². The van der Waals surface area contributed by atoms with Gasteiger partial charge in [0.05, 0.1) is 5.25 Å². The predicted molar refractivity (Wildman–Crippen MR) is 76.8 cm³/mol. The summed E-state index contributed by atoms with van der Waals surface area (Å²) >= 11 is 1.46. The summed E-state index contributed by atoms with van der Waals surface area (Å²) in [4.78, 5) is 16.2. The highest BCUT2D eigenvalue weighted by atomic mass is 32.2. The van der Waals surface area contributed by atoms with Crippen LogP contribution < -0.4 is 5.32 Å². The van der Waals surface area contributed by atoms with Gasteiger partial charge in [0.15, 0.2) is 5.16 Å². The summed E-state index contributed by atoms with van der Waals surface area (Å²) in [6.45, 7) is 2.45. The molecule has 0 saturated heterocycles. The molecule has 0 aliphatic heterocycles. The molecule has 1 heterocycles. The lowest BCUT2D eigenvalue weighted by atomic mass is 10.2. The van der Waals surface area contributed by atoms with Gasteiger partial charge in [0.2, 0.25) is 5.91 Å². The normalized spacial score (nSPS) is 12.1. The van der Waals surface area contributed by atoms with Gasteiger partial charge >= 0.3 is 0 Å². The van der Waals surface area contributed by atoms with Crippen molar-refractivity contribution in [3.63, 3.8) is 0 Å². The van der Waals surface area contributed by atoms with Crippen molar-refractivity contribution in [2.24, 2.45) is 7.05 Å². The maximum absolute atomic E-state index is 12.0. The van der Waals surface area contributed by atoms with E-state index in [0.717, 1.165) is 10.7 Å². The van der Waals surface area contributed by atoms with Crippen LogP contribution in [0, 0.1) is 0 Å². The lowest BCUT2D eigenvalue weighted by molar-refractivity contribution is -0.120. The molecule has 0 aliphatic carbocycles. The van der Waals surface area contributed by atoms with E-state index in [1.165, 1.54) is 11.8 Å². The molecule has 0 bridgehead atoms. The van der Waals surface area contributed by atoms with E-state index in [-0.39, 0.29) is 11.2 Å². The van der Waals surface area contributed by atoms with Crippen LogP contribution in [0.25, 0.3) is 0 Å². The molecule has 1 atom stereocenters. The second-order valence-corrected chi connectivity index (χ2v) is 5.59. The quantitative estimate of drug-likeness (QED) is 0.851. The van der Waals surface area contributed by atoms with Crippen molar-refractivity contribution in [3.8, 4) is 0 Å². The molecule has 2 rings (SSSR count). The van der Waals surface area contributed by atoms with Crippen LogP contribution in [0.4, 0.5) is 0 Å². The summed E-state index contributed by atoms with van der Waals surface area (Å²) in [6, 6.07) is 9.89. The Balaban J connectivity index is 1.84. The fraction of sp³-hybridized carbons (Fsp3) is 0.286. The molecular weight excluding hydrogens is 258 g/mol. The minimum Gasteiger partial charge on any atom is -0.351 e.